The Bertz CT molecular complexity index is 1030. The standard InChI is InChI=1S/C33H60N4O8/c1-20(2)36(10)17-26(38)37-13-12-33(19-37)18-34-16-21(3)15-32(7,42-11)29(23(5)27(39)24(6)30(41)45-33)44-31-28(40)25(35(8)9)14-22(4)43-31/h20-25,28-29,31,34,40H,12-19H2,1-11H3/t21-,22-,23+,24?,25+,28-,29-,31+,32-,33?/m1/s1. The van der Waals surface area contributed by atoms with Gasteiger partial charge in [0, 0.05) is 44.6 Å². The summed E-state index contributed by atoms with van der Waals surface area (Å²) in [6, 6.07) is 0.0344. The Balaban J connectivity index is 1.89. The first-order valence-corrected chi connectivity index (χ1v) is 16.6. The van der Waals surface area contributed by atoms with Crippen LogP contribution in [0.4, 0.5) is 0 Å². The summed E-state index contributed by atoms with van der Waals surface area (Å²) in [7, 11) is 7.33. The van der Waals surface area contributed by atoms with Crippen LogP contribution in [0.5, 0.6) is 0 Å². The molecule has 1 spiro atoms. The normalized spacial score (nSPS) is 39.2. The van der Waals surface area contributed by atoms with Crippen LogP contribution in [0.15, 0.2) is 0 Å². The molecule has 260 valence electrons. The van der Waals surface area contributed by atoms with Gasteiger partial charge in [0.05, 0.1) is 30.9 Å². The zero-order valence-electron chi connectivity index (χ0n) is 29.5. The van der Waals surface area contributed by atoms with E-state index in [0.717, 1.165) is 0 Å². The number of methoxy groups -OCH3 is 1. The summed E-state index contributed by atoms with van der Waals surface area (Å²) in [5.41, 5.74) is -1.88. The number of esters is 1. The highest BCUT2D eigenvalue weighted by Crippen LogP contribution is 2.37. The lowest BCUT2D eigenvalue weighted by atomic mass is 9.78. The first-order valence-electron chi connectivity index (χ1n) is 16.6. The van der Waals surface area contributed by atoms with E-state index < -0.39 is 47.5 Å². The fourth-order valence-corrected chi connectivity index (χ4v) is 6.99. The molecule has 45 heavy (non-hydrogen) atoms. The minimum atomic E-state index is -1.08. The van der Waals surface area contributed by atoms with Gasteiger partial charge in [-0.05, 0) is 81.1 Å². The molecule has 0 aliphatic carbocycles. The van der Waals surface area contributed by atoms with E-state index in [0.29, 0.717) is 38.9 Å². The highest BCUT2D eigenvalue weighted by atomic mass is 16.7. The third kappa shape index (κ3) is 9.03. The first kappa shape index (κ1) is 37.8. The molecule has 12 nitrogen and oxygen atoms in total. The third-order valence-corrected chi connectivity index (χ3v) is 10.3. The van der Waals surface area contributed by atoms with Crippen molar-refractivity contribution < 1.29 is 38.4 Å². The van der Waals surface area contributed by atoms with Crippen LogP contribution in [-0.2, 0) is 33.3 Å². The molecule has 0 saturated carbocycles. The molecule has 2 N–H and O–H groups in total. The Morgan fingerprint density at radius 2 is 1.84 bits per heavy atom. The van der Waals surface area contributed by atoms with Crippen LogP contribution in [0.3, 0.4) is 0 Å². The molecule has 0 aromatic rings. The van der Waals surface area contributed by atoms with Crippen molar-refractivity contribution >= 4 is 17.7 Å². The molecule has 0 aromatic carbocycles. The number of amides is 1. The summed E-state index contributed by atoms with van der Waals surface area (Å²) in [5.74, 6) is -2.75. The van der Waals surface area contributed by atoms with E-state index in [1.54, 1.807) is 25.9 Å². The van der Waals surface area contributed by atoms with Crippen molar-refractivity contribution in [3.05, 3.63) is 0 Å². The monoisotopic (exact) mass is 640 g/mol. The molecule has 3 heterocycles. The SMILES string of the molecule is CO[C@]1(C)C[C@@H](C)CNCC2(CCN(C(=O)CN(C)C(C)C)C2)OC(=O)C(C)C(=O)[C@H](C)[C@H]1O[C@@H]1O[C@H](C)C[C@H](N(C)C)[C@H]1O. The van der Waals surface area contributed by atoms with Crippen molar-refractivity contribution in [2.75, 3.05) is 61.0 Å². The predicted octanol–water partition coefficient (Wildman–Crippen LogP) is 1.53. The fourth-order valence-electron chi connectivity index (χ4n) is 6.99. The molecular formula is C33H60N4O8. The summed E-state index contributed by atoms with van der Waals surface area (Å²) in [5, 5.41) is 14.8. The average Bonchev–Trinajstić information content (AvgIpc) is 3.39. The second kappa shape index (κ2) is 15.5. The van der Waals surface area contributed by atoms with E-state index in [1.807, 2.05) is 58.6 Å². The van der Waals surface area contributed by atoms with Gasteiger partial charge >= 0.3 is 5.97 Å². The van der Waals surface area contributed by atoms with Gasteiger partial charge in [-0.25, -0.2) is 0 Å². The Morgan fingerprint density at radius 1 is 1.18 bits per heavy atom. The number of hydrogen-bond donors (Lipinski definition) is 2. The smallest absolute Gasteiger partial charge is 0.316 e. The number of ketones is 1. The van der Waals surface area contributed by atoms with Crippen LogP contribution in [0.25, 0.3) is 0 Å². The Kier molecular flexibility index (Phi) is 13.0. The number of rotatable bonds is 7. The quantitative estimate of drug-likeness (QED) is 0.311. The van der Waals surface area contributed by atoms with Crippen LogP contribution < -0.4 is 5.32 Å². The Morgan fingerprint density at radius 3 is 2.44 bits per heavy atom. The van der Waals surface area contributed by atoms with Gasteiger partial charge < -0.3 is 39.2 Å². The number of hydrogen-bond acceptors (Lipinski definition) is 11. The summed E-state index contributed by atoms with van der Waals surface area (Å²) in [6.45, 7) is 15.3. The molecule has 3 aliphatic heterocycles. The van der Waals surface area contributed by atoms with Gasteiger partial charge in [-0.15, -0.1) is 0 Å². The van der Waals surface area contributed by atoms with E-state index in [1.165, 1.54) is 0 Å². The number of carbonyl (C=O) groups is 3. The maximum atomic E-state index is 14.0. The number of likely N-dealkylation sites (N-methyl/N-ethyl adjacent to an activating group) is 2. The maximum Gasteiger partial charge on any atom is 0.316 e. The van der Waals surface area contributed by atoms with Crippen LogP contribution in [0, 0.1) is 17.8 Å². The number of aliphatic hydroxyl groups is 1. The highest BCUT2D eigenvalue weighted by Gasteiger charge is 2.50. The van der Waals surface area contributed by atoms with Gasteiger partial charge in [-0.1, -0.05) is 13.8 Å². The molecule has 0 radical (unpaired) electrons. The number of nitrogens with zero attached hydrogens (tertiary/aromatic N) is 3. The van der Waals surface area contributed by atoms with E-state index in [4.69, 9.17) is 18.9 Å². The van der Waals surface area contributed by atoms with Crippen LogP contribution in [-0.4, -0.2) is 146 Å². The second-order valence-electron chi connectivity index (χ2n) is 14.7. The fraction of sp³-hybridized carbons (Fsp3) is 0.909. The first-order chi connectivity index (χ1) is 20.9. The molecule has 0 aromatic heterocycles. The molecule has 3 rings (SSSR count). The molecule has 3 aliphatic rings. The van der Waals surface area contributed by atoms with Crippen molar-refractivity contribution in [2.24, 2.45) is 17.8 Å². The number of ether oxygens (including phenoxy) is 4. The van der Waals surface area contributed by atoms with Crippen LogP contribution in [0.2, 0.25) is 0 Å². The lowest BCUT2D eigenvalue weighted by molar-refractivity contribution is -0.295. The lowest BCUT2D eigenvalue weighted by Gasteiger charge is -2.46. The van der Waals surface area contributed by atoms with Gasteiger partial charge in [0.1, 0.15) is 17.6 Å². The molecule has 10 atom stereocenters. The summed E-state index contributed by atoms with van der Waals surface area (Å²) < 4.78 is 25.0. The molecule has 3 saturated heterocycles. The van der Waals surface area contributed by atoms with Gasteiger partial charge in [0.2, 0.25) is 5.91 Å². The maximum absolute atomic E-state index is 14.0. The lowest BCUT2D eigenvalue weighted by Crippen LogP contribution is -2.59. The van der Waals surface area contributed by atoms with Crippen molar-refractivity contribution in [2.45, 2.75) is 116 Å². The second-order valence-corrected chi connectivity index (χ2v) is 14.7. The molecule has 3 fully saturated rings. The minimum Gasteiger partial charge on any atom is -0.455 e. The van der Waals surface area contributed by atoms with E-state index in [-0.39, 0.29) is 48.9 Å². The number of nitrogens with one attached hydrogen (secondary N) is 1. The van der Waals surface area contributed by atoms with Crippen molar-refractivity contribution in [3.63, 3.8) is 0 Å². The average molecular weight is 641 g/mol. The van der Waals surface area contributed by atoms with Gasteiger partial charge in [-0.2, -0.15) is 0 Å². The molecule has 1 amide bonds. The van der Waals surface area contributed by atoms with Gasteiger partial charge in [-0.3, -0.25) is 19.3 Å². The van der Waals surface area contributed by atoms with Gasteiger partial charge in [0.25, 0.3) is 0 Å². The van der Waals surface area contributed by atoms with E-state index in [9.17, 15) is 19.5 Å². The third-order valence-electron chi connectivity index (χ3n) is 10.3. The number of likely N-dealkylation sites (tertiary alicyclic amines) is 1. The molecule has 12 heteroatoms. The van der Waals surface area contributed by atoms with E-state index >= 15 is 0 Å². The highest BCUT2D eigenvalue weighted by molar-refractivity contribution is 6.00. The van der Waals surface area contributed by atoms with Gasteiger partial charge in [0.15, 0.2) is 12.1 Å². The van der Waals surface area contributed by atoms with Crippen LogP contribution >= 0.6 is 0 Å². The topological polar surface area (TPSA) is 130 Å². The van der Waals surface area contributed by atoms with Crippen molar-refractivity contribution in [1.29, 1.82) is 0 Å². The number of aliphatic hydroxyl groups excluding tert-OH is 1. The Labute approximate surface area is 270 Å². The molecule has 0 bridgehead atoms. The summed E-state index contributed by atoms with van der Waals surface area (Å²) in [4.78, 5) is 46.5. The van der Waals surface area contributed by atoms with E-state index in [2.05, 4.69) is 12.2 Å². The number of carbonyl (C=O) groups excluding carboxylic acids is 3. The van der Waals surface area contributed by atoms with Crippen LogP contribution in [0.1, 0.15) is 67.7 Å². The van der Waals surface area contributed by atoms with Crippen molar-refractivity contribution in [3.8, 4) is 0 Å². The summed E-state index contributed by atoms with van der Waals surface area (Å²) >= 11 is 0. The Hall–Kier alpha value is -1.67. The molecule has 2 unspecified atom stereocenters. The summed E-state index contributed by atoms with van der Waals surface area (Å²) in [6.07, 6.45) is -1.26. The zero-order valence-corrected chi connectivity index (χ0v) is 29.5. The minimum absolute atomic E-state index is 0.0121. The number of Topliss-reactive ketones (excluding diaryl/α,β-unsaturated/α-hetero) is 1. The predicted molar refractivity (Wildman–Crippen MR) is 170 cm³/mol. The zero-order chi connectivity index (χ0) is 33.9. The molecular weight excluding hydrogens is 580 g/mol. The largest absolute Gasteiger partial charge is 0.455 e. The van der Waals surface area contributed by atoms with Crippen molar-refractivity contribution in [1.82, 2.24) is 20.0 Å².